The number of carboxylic acid groups (broad SMARTS) is 2. The number of aromatic amines is 2. The lowest BCUT2D eigenvalue weighted by molar-refractivity contribution is -0.137. The largest absolute Gasteiger partial charge is 0.481 e. The maximum absolute atomic E-state index is 15.8. The van der Waals surface area contributed by atoms with Gasteiger partial charge >= 0.3 is 11.9 Å². The smallest absolute Gasteiger partial charge is 0.322 e. The summed E-state index contributed by atoms with van der Waals surface area (Å²) in [5.41, 5.74) is 1.12. The van der Waals surface area contributed by atoms with E-state index in [1.807, 2.05) is 31.2 Å². The van der Waals surface area contributed by atoms with Crippen molar-refractivity contribution in [2.75, 3.05) is 5.75 Å². The highest BCUT2D eigenvalue weighted by Crippen LogP contribution is 2.42. The van der Waals surface area contributed by atoms with E-state index in [-0.39, 0.29) is 34.9 Å². The first kappa shape index (κ1) is 35.8. The van der Waals surface area contributed by atoms with Crippen molar-refractivity contribution in [3.63, 3.8) is 0 Å². The van der Waals surface area contributed by atoms with Gasteiger partial charge in [-0.2, -0.15) is 0 Å². The van der Waals surface area contributed by atoms with E-state index in [0.717, 1.165) is 17.2 Å². The molecule has 6 rings (SSSR count). The summed E-state index contributed by atoms with van der Waals surface area (Å²) >= 11 is 0. The highest BCUT2D eigenvalue weighted by atomic mass is 32.2. The van der Waals surface area contributed by atoms with Crippen LogP contribution in [0.3, 0.4) is 0 Å². The maximum Gasteiger partial charge on any atom is 0.322 e. The van der Waals surface area contributed by atoms with Crippen LogP contribution in [0.1, 0.15) is 68.8 Å². The average Bonchev–Trinajstić information content (AvgIpc) is 3.74. The number of hydrogen-bond acceptors (Lipinski definition) is 6. The van der Waals surface area contributed by atoms with Gasteiger partial charge in [0.25, 0.3) is 0 Å². The predicted molar refractivity (Wildman–Crippen MR) is 188 cm³/mol. The molecule has 1 aliphatic heterocycles. The monoisotopic (exact) mass is 719 g/mol. The van der Waals surface area contributed by atoms with Gasteiger partial charge in [0.1, 0.15) is 17.4 Å². The minimum atomic E-state index is -4.31. The molecule has 0 aliphatic carbocycles. The molecule has 13 heteroatoms. The third-order valence-corrected chi connectivity index (χ3v) is 12.3. The quantitative estimate of drug-likeness (QED) is 0.145. The van der Waals surface area contributed by atoms with Crippen molar-refractivity contribution in [1.82, 2.24) is 15.0 Å². The Morgan fingerprint density at radius 3 is 2.55 bits per heavy atom. The Bertz CT molecular complexity index is 2240. The van der Waals surface area contributed by atoms with Gasteiger partial charge in [-0.05, 0) is 67.0 Å². The highest BCUT2D eigenvalue weighted by molar-refractivity contribution is 7.92. The lowest BCUT2D eigenvalue weighted by atomic mass is 9.74. The molecule has 5 aromatic rings. The summed E-state index contributed by atoms with van der Waals surface area (Å²) < 4.78 is 65.2. The fourth-order valence-electron chi connectivity index (χ4n) is 7.09. The summed E-state index contributed by atoms with van der Waals surface area (Å²) in [6.07, 6.45) is 4.27. The number of aryl methyl sites for hydroxylation is 1. The number of sulfone groups is 1. The zero-order valence-electron chi connectivity index (χ0n) is 28.4. The highest BCUT2D eigenvalue weighted by Gasteiger charge is 2.40. The first-order valence-corrected chi connectivity index (χ1v) is 18.4. The molecule has 0 amide bonds. The number of nitrogens with one attached hydrogen (secondary N) is 2. The normalized spacial score (nSPS) is 20.5. The van der Waals surface area contributed by atoms with Crippen molar-refractivity contribution in [2.45, 2.75) is 70.0 Å². The number of aromatic nitrogens is 3. The number of ether oxygens (including phenoxy) is 1. The third kappa shape index (κ3) is 7.39. The predicted octanol–water partition coefficient (Wildman–Crippen LogP) is 7.57. The van der Waals surface area contributed by atoms with E-state index in [9.17, 15) is 28.2 Å². The number of H-pyrrole nitrogens is 2. The van der Waals surface area contributed by atoms with Crippen LogP contribution < -0.4 is 4.74 Å². The van der Waals surface area contributed by atoms with Crippen LogP contribution in [0.4, 0.5) is 8.78 Å². The fraction of sp³-hybridized carbons (Fsp3) is 0.342. The molecule has 4 N–H and O–H groups in total. The van der Waals surface area contributed by atoms with Gasteiger partial charge in [-0.25, -0.2) is 22.2 Å². The van der Waals surface area contributed by atoms with E-state index >= 15 is 8.78 Å². The Hall–Kier alpha value is -5.04. The van der Waals surface area contributed by atoms with E-state index in [0.29, 0.717) is 42.3 Å². The van der Waals surface area contributed by atoms with E-state index in [2.05, 4.69) is 15.0 Å². The number of carboxylic acids is 2. The molecule has 3 aromatic carbocycles. The molecule has 3 heterocycles. The van der Waals surface area contributed by atoms with Crippen LogP contribution in [-0.2, 0) is 37.7 Å². The van der Waals surface area contributed by atoms with Gasteiger partial charge in [0.15, 0.2) is 26.7 Å². The molecule has 0 spiro atoms. The van der Waals surface area contributed by atoms with Crippen LogP contribution in [0.5, 0.6) is 11.5 Å². The number of fused-ring (bicyclic) bond motifs is 8. The SMILES string of the molecule is CC1(C)CCCC(C)(c2cccc(CCC(=O)O)c2)c2cnc([nH]2)-c2cc(ccc2F)Oc2c(F)cc3[nH]ccc3c2CC(C(=O)O)S(=O)(=O)C1. The number of aliphatic carboxylic acids is 2. The summed E-state index contributed by atoms with van der Waals surface area (Å²) in [6.45, 7) is 5.53. The molecule has 268 valence electrons. The summed E-state index contributed by atoms with van der Waals surface area (Å²) in [4.78, 5) is 34.7. The molecule has 2 atom stereocenters. The Morgan fingerprint density at radius 2 is 1.80 bits per heavy atom. The van der Waals surface area contributed by atoms with Gasteiger partial charge in [0.05, 0.1) is 11.3 Å². The lowest BCUT2D eigenvalue weighted by Gasteiger charge is -2.32. The molecule has 0 fully saturated rings. The van der Waals surface area contributed by atoms with Gasteiger partial charge in [0.2, 0.25) is 0 Å². The van der Waals surface area contributed by atoms with Crippen molar-refractivity contribution in [1.29, 1.82) is 0 Å². The van der Waals surface area contributed by atoms with Gasteiger partial charge in [-0.15, -0.1) is 0 Å². The third-order valence-electron chi connectivity index (χ3n) is 9.86. The van der Waals surface area contributed by atoms with E-state index < -0.39 is 61.7 Å². The summed E-state index contributed by atoms with van der Waals surface area (Å²) in [5, 5.41) is 18.0. The Labute approximate surface area is 293 Å². The minimum Gasteiger partial charge on any atom is -0.481 e. The Balaban J connectivity index is 1.51. The second-order valence-corrected chi connectivity index (χ2v) is 16.5. The molecule has 51 heavy (non-hydrogen) atoms. The number of hydrogen-bond donors (Lipinski definition) is 4. The number of benzene rings is 3. The Morgan fingerprint density at radius 1 is 1.02 bits per heavy atom. The van der Waals surface area contributed by atoms with Crippen molar-refractivity contribution < 1.29 is 41.7 Å². The number of imidazole rings is 1. The summed E-state index contributed by atoms with van der Waals surface area (Å²) in [5.74, 6) is -4.55. The summed E-state index contributed by atoms with van der Waals surface area (Å²) in [7, 11) is -4.31. The maximum atomic E-state index is 15.8. The van der Waals surface area contributed by atoms with E-state index in [1.54, 1.807) is 26.1 Å². The second kappa shape index (κ2) is 13.6. The zero-order chi connectivity index (χ0) is 36.7. The van der Waals surface area contributed by atoms with E-state index in [1.165, 1.54) is 24.4 Å². The lowest BCUT2D eigenvalue weighted by Crippen LogP contribution is -2.38. The van der Waals surface area contributed by atoms with Crippen molar-refractivity contribution in [2.24, 2.45) is 5.41 Å². The number of rotatable bonds is 5. The van der Waals surface area contributed by atoms with Crippen LogP contribution in [0.15, 0.2) is 67.0 Å². The standard InChI is InChI=1S/C38H39F2N3O7S/c1-37(2)13-5-14-38(3,23-7-4-6-22(16-23)8-11-33(44)45)32-20-42-35(43-32)27-17-24(9-10-28(27)39)50-34-26(18-31(36(46)47)51(48,49)21-37)25-12-15-41-30(25)19-29(34)40/h4,6-7,9-10,12,15-17,19-20,31,41H,5,8,11,13-14,18,21H2,1-3H3,(H,42,43)(H,44,45)(H,46,47). The fourth-order valence-corrected chi connectivity index (χ4v) is 9.25. The minimum absolute atomic E-state index is 0.0188. The first-order chi connectivity index (χ1) is 24.1. The Kier molecular flexibility index (Phi) is 9.53. The first-order valence-electron chi connectivity index (χ1n) is 16.6. The summed E-state index contributed by atoms with van der Waals surface area (Å²) in [6, 6.07) is 14.1. The van der Waals surface area contributed by atoms with Crippen LogP contribution in [-0.4, -0.2) is 56.5 Å². The molecule has 0 saturated carbocycles. The van der Waals surface area contributed by atoms with Crippen molar-refractivity contribution in [3.8, 4) is 22.9 Å². The topological polar surface area (TPSA) is 162 Å². The average molecular weight is 720 g/mol. The molecule has 4 bridgehead atoms. The van der Waals surface area contributed by atoms with E-state index in [4.69, 9.17) is 4.74 Å². The molecular formula is C38H39F2N3O7S. The molecule has 10 nitrogen and oxygen atoms in total. The van der Waals surface area contributed by atoms with Crippen molar-refractivity contribution in [3.05, 3.63) is 101 Å². The molecular weight excluding hydrogens is 680 g/mol. The van der Waals surface area contributed by atoms with Gasteiger partial charge < -0.3 is 24.9 Å². The van der Waals surface area contributed by atoms with Crippen LogP contribution in [0.2, 0.25) is 0 Å². The number of halogens is 2. The van der Waals surface area contributed by atoms with Crippen LogP contribution in [0, 0.1) is 17.0 Å². The number of carbonyl (C=O) groups is 2. The molecule has 1 aliphatic rings. The van der Waals surface area contributed by atoms with Crippen molar-refractivity contribution >= 4 is 32.7 Å². The van der Waals surface area contributed by atoms with Gasteiger partial charge in [-0.1, -0.05) is 44.5 Å². The van der Waals surface area contributed by atoms with Gasteiger partial charge in [0, 0.05) is 58.9 Å². The van der Waals surface area contributed by atoms with Crippen LogP contribution in [0.25, 0.3) is 22.3 Å². The molecule has 0 radical (unpaired) electrons. The second-order valence-electron chi connectivity index (χ2n) is 14.3. The van der Waals surface area contributed by atoms with Crippen LogP contribution >= 0.6 is 0 Å². The molecule has 2 unspecified atom stereocenters. The number of nitrogens with zero attached hydrogens (tertiary/aromatic N) is 1. The molecule has 2 aromatic heterocycles. The van der Waals surface area contributed by atoms with Gasteiger partial charge in [-0.3, -0.25) is 9.59 Å². The zero-order valence-corrected chi connectivity index (χ0v) is 29.2. The molecule has 0 saturated heterocycles.